The predicted octanol–water partition coefficient (Wildman–Crippen LogP) is 2.78. The molecule has 11 nitrogen and oxygen atoms in total. The van der Waals surface area contributed by atoms with Crippen LogP contribution in [-0.4, -0.2) is 96.5 Å². The molecule has 7 fully saturated rings. The lowest BCUT2D eigenvalue weighted by atomic mass is 9.69. The van der Waals surface area contributed by atoms with Crippen molar-refractivity contribution in [3.05, 3.63) is 0 Å². The highest BCUT2D eigenvalue weighted by molar-refractivity contribution is 7.90. The van der Waals surface area contributed by atoms with Gasteiger partial charge in [0.1, 0.15) is 24.4 Å². The summed E-state index contributed by atoms with van der Waals surface area (Å²) in [5.74, 6) is -1.44. The maximum absolute atomic E-state index is 14.2. The second-order valence-corrected chi connectivity index (χ2v) is 17.0. The predicted molar refractivity (Wildman–Crippen MR) is 145 cm³/mol. The Morgan fingerprint density at radius 3 is 2.27 bits per heavy atom. The minimum absolute atomic E-state index is 0.0428. The first-order valence-corrected chi connectivity index (χ1v) is 16.9. The van der Waals surface area contributed by atoms with Gasteiger partial charge in [-0.1, -0.05) is 27.7 Å². The van der Waals surface area contributed by atoms with Crippen molar-refractivity contribution < 1.29 is 41.7 Å². The summed E-state index contributed by atoms with van der Waals surface area (Å²) in [6.45, 7) is 16.4. The molecule has 0 aromatic heterocycles. The average Bonchev–Trinajstić information content (AvgIpc) is 3.67. The van der Waals surface area contributed by atoms with Gasteiger partial charge in [-0.15, -0.1) is 0 Å². The molecule has 232 valence electrons. The summed E-state index contributed by atoms with van der Waals surface area (Å²) in [6.07, 6.45) is -0.319. The molecule has 5 heterocycles. The van der Waals surface area contributed by atoms with Gasteiger partial charge in [-0.3, -0.25) is 9.63 Å². The number of hydrogen-bond acceptors (Lipinski definition) is 10. The zero-order valence-corrected chi connectivity index (χ0v) is 26.3. The zero-order chi connectivity index (χ0) is 29.5. The van der Waals surface area contributed by atoms with Crippen molar-refractivity contribution in [2.45, 2.75) is 141 Å². The number of amides is 1. The van der Waals surface area contributed by atoms with Crippen LogP contribution < -0.4 is 0 Å². The number of nitrogens with zero attached hydrogens (tertiary/aromatic N) is 2. The van der Waals surface area contributed by atoms with Crippen LogP contribution in [0.15, 0.2) is 0 Å². The van der Waals surface area contributed by atoms with Crippen LogP contribution in [0.2, 0.25) is 0 Å². The van der Waals surface area contributed by atoms with Crippen molar-refractivity contribution in [1.29, 1.82) is 0 Å². The molecule has 1 spiro atoms. The van der Waals surface area contributed by atoms with E-state index in [2.05, 4.69) is 27.7 Å². The lowest BCUT2D eigenvalue weighted by Crippen LogP contribution is -2.49. The molecule has 7 unspecified atom stereocenters. The van der Waals surface area contributed by atoms with Gasteiger partial charge in [0.25, 0.3) is 5.91 Å². The lowest BCUT2D eigenvalue weighted by Gasteiger charge is -2.37. The van der Waals surface area contributed by atoms with Crippen molar-refractivity contribution in [2.75, 3.05) is 12.4 Å². The molecular formula is C29H46N2O9S. The van der Waals surface area contributed by atoms with Crippen LogP contribution in [0.5, 0.6) is 0 Å². The normalized spacial score (nSPS) is 48.8. The van der Waals surface area contributed by atoms with E-state index in [0.29, 0.717) is 18.9 Å². The number of hydrogen-bond donors (Lipinski definition) is 0. The van der Waals surface area contributed by atoms with Crippen LogP contribution in [0.3, 0.4) is 0 Å². The molecule has 0 N–H and O–H groups in total. The number of ether oxygens (including phenoxy) is 5. The first kappa shape index (κ1) is 28.9. The Kier molecular flexibility index (Phi) is 6.25. The van der Waals surface area contributed by atoms with Crippen LogP contribution in [0.4, 0.5) is 0 Å². The summed E-state index contributed by atoms with van der Waals surface area (Å²) in [5, 5.41) is 1.75. The molecule has 7 rings (SSSR count). The monoisotopic (exact) mass is 598 g/mol. The fourth-order valence-electron chi connectivity index (χ4n) is 9.26. The van der Waals surface area contributed by atoms with E-state index in [9.17, 15) is 13.2 Å². The molecule has 2 aliphatic carbocycles. The molecule has 1 amide bonds. The largest absolute Gasteiger partial charge is 0.349 e. The summed E-state index contributed by atoms with van der Waals surface area (Å²) in [5.41, 5.74) is -0.494. The summed E-state index contributed by atoms with van der Waals surface area (Å²) in [7, 11) is -3.75. The number of hydroxylamine groups is 2. The fraction of sp³-hybridized carbons (Fsp3) is 0.966. The Bertz CT molecular complexity index is 1220. The van der Waals surface area contributed by atoms with E-state index in [1.54, 1.807) is 5.06 Å². The molecule has 41 heavy (non-hydrogen) atoms. The van der Waals surface area contributed by atoms with Crippen LogP contribution in [0.1, 0.15) is 81.1 Å². The summed E-state index contributed by atoms with van der Waals surface area (Å²) in [6, 6.07) is -0.482. The van der Waals surface area contributed by atoms with Gasteiger partial charge < -0.3 is 23.7 Å². The molecule has 5 saturated heterocycles. The van der Waals surface area contributed by atoms with Gasteiger partial charge in [-0.25, -0.2) is 12.7 Å². The summed E-state index contributed by atoms with van der Waals surface area (Å²) in [4.78, 5) is 20.6. The zero-order valence-electron chi connectivity index (χ0n) is 25.5. The van der Waals surface area contributed by atoms with E-state index in [0.717, 1.165) is 19.3 Å². The van der Waals surface area contributed by atoms with Crippen molar-refractivity contribution in [3.8, 4) is 0 Å². The van der Waals surface area contributed by atoms with E-state index in [1.807, 2.05) is 27.7 Å². The number of fused-ring (bicyclic) bond motifs is 2. The van der Waals surface area contributed by atoms with Crippen LogP contribution >= 0.6 is 0 Å². The van der Waals surface area contributed by atoms with E-state index < -0.39 is 58.1 Å². The topological polar surface area (TPSA) is 113 Å². The Morgan fingerprint density at radius 1 is 0.927 bits per heavy atom. The number of rotatable bonds is 4. The quantitative estimate of drug-likeness (QED) is 0.479. The molecule has 2 bridgehead atoms. The Labute approximate surface area is 243 Å². The van der Waals surface area contributed by atoms with E-state index in [-0.39, 0.29) is 40.7 Å². The Morgan fingerprint density at radius 2 is 1.63 bits per heavy atom. The molecule has 5 aliphatic heterocycles. The second-order valence-electron chi connectivity index (χ2n) is 15.2. The first-order valence-electron chi connectivity index (χ1n) is 15.3. The van der Waals surface area contributed by atoms with Crippen LogP contribution in [0.25, 0.3) is 0 Å². The molecule has 12 heteroatoms. The molecule has 2 saturated carbocycles. The van der Waals surface area contributed by atoms with Gasteiger partial charge in [0, 0.05) is 17.9 Å². The summed E-state index contributed by atoms with van der Waals surface area (Å²) < 4.78 is 59.7. The third kappa shape index (κ3) is 4.07. The fourth-order valence-corrected chi connectivity index (χ4v) is 11.8. The van der Waals surface area contributed by atoms with Gasteiger partial charge in [0.2, 0.25) is 10.0 Å². The van der Waals surface area contributed by atoms with Gasteiger partial charge in [0.05, 0.1) is 18.4 Å². The number of sulfonamides is 1. The molecule has 0 radical (unpaired) electrons. The molecule has 0 aromatic carbocycles. The van der Waals surface area contributed by atoms with Gasteiger partial charge >= 0.3 is 0 Å². The third-order valence-corrected chi connectivity index (χ3v) is 13.3. The van der Waals surface area contributed by atoms with Gasteiger partial charge in [-0.05, 0) is 64.2 Å². The van der Waals surface area contributed by atoms with E-state index >= 15 is 0 Å². The van der Waals surface area contributed by atoms with Gasteiger partial charge in [-0.2, -0.15) is 5.06 Å². The highest BCUT2D eigenvalue weighted by Gasteiger charge is 2.73. The Balaban J connectivity index is 1.15. The van der Waals surface area contributed by atoms with Crippen LogP contribution in [-0.2, 0) is 43.3 Å². The molecule has 10 atom stereocenters. The highest BCUT2D eigenvalue weighted by Crippen LogP contribution is 2.70. The first-order chi connectivity index (χ1) is 19.0. The third-order valence-electron chi connectivity index (χ3n) is 11.4. The van der Waals surface area contributed by atoms with E-state index in [1.165, 1.54) is 4.31 Å². The van der Waals surface area contributed by atoms with Crippen molar-refractivity contribution in [3.63, 3.8) is 0 Å². The minimum atomic E-state index is -3.75. The maximum Gasteiger partial charge on any atom is 0.267 e. The van der Waals surface area contributed by atoms with Crippen molar-refractivity contribution >= 4 is 15.9 Å². The lowest BCUT2D eigenvalue weighted by molar-refractivity contribution is -0.292. The van der Waals surface area contributed by atoms with Crippen LogP contribution in [0, 0.1) is 22.7 Å². The van der Waals surface area contributed by atoms with Gasteiger partial charge in [0.15, 0.2) is 23.9 Å². The highest BCUT2D eigenvalue weighted by atomic mass is 32.2. The molecule has 0 aromatic rings. The number of carbonyl (C=O) groups is 1. The maximum atomic E-state index is 14.2. The van der Waals surface area contributed by atoms with Crippen molar-refractivity contribution in [1.82, 2.24) is 9.37 Å². The molecule has 7 aliphatic rings. The van der Waals surface area contributed by atoms with Crippen molar-refractivity contribution in [2.24, 2.45) is 22.7 Å². The Hall–Kier alpha value is -0.860. The molecular weight excluding hydrogens is 552 g/mol. The smallest absolute Gasteiger partial charge is 0.267 e. The minimum Gasteiger partial charge on any atom is -0.349 e. The second kappa shape index (κ2) is 8.87. The SMILES string of the molecule is CC(C)C1C[C@H](C(=O)N2C3CC4CC[C@]3(CS2(=O)=O)C4(C)C)ON1C1OC([C@H]2COC(C)(C)O2)C2OC(C)(C)OC21. The average molecular weight is 599 g/mol. The van der Waals surface area contributed by atoms with E-state index in [4.69, 9.17) is 28.5 Å². The number of carbonyl (C=O) groups excluding carboxylic acids is 1. The standard InChI is InChI=1S/C29H46N2O9S/c1-15(2)17-12-18(24(32)31-20-11-16-9-10-29(20,26(16,3)4)14-41(31,33)34)40-30(17)25-23-22(38-28(7,8)39-23)21(36-25)19-13-35-27(5,6)37-19/h15-23,25H,9-14H2,1-8H3/t16?,17?,18-,19-,20?,21?,22?,23?,25?,29-/m1/s1. The summed E-state index contributed by atoms with van der Waals surface area (Å²) >= 11 is 0.